The second kappa shape index (κ2) is 5.97. The van der Waals surface area contributed by atoms with E-state index in [2.05, 4.69) is 15.9 Å². The Labute approximate surface area is 133 Å². The van der Waals surface area contributed by atoms with Crippen LogP contribution in [0.1, 0.15) is 38.5 Å². The van der Waals surface area contributed by atoms with Gasteiger partial charge in [-0.1, -0.05) is 12.8 Å². The molecule has 0 N–H and O–H groups in total. The van der Waals surface area contributed by atoms with Crippen LogP contribution < -0.4 is 0 Å². The van der Waals surface area contributed by atoms with Gasteiger partial charge in [-0.05, 0) is 65.7 Å². The summed E-state index contributed by atoms with van der Waals surface area (Å²) in [5, 5.41) is 0. The highest BCUT2D eigenvalue weighted by Crippen LogP contribution is 2.38. The van der Waals surface area contributed by atoms with E-state index in [9.17, 15) is 12.8 Å². The second-order valence-corrected chi connectivity index (χ2v) is 8.69. The summed E-state index contributed by atoms with van der Waals surface area (Å²) in [4.78, 5) is 0.0643. The lowest BCUT2D eigenvalue weighted by Crippen LogP contribution is -2.49. The van der Waals surface area contributed by atoms with Gasteiger partial charge in [-0.3, -0.25) is 0 Å². The van der Waals surface area contributed by atoms with Crippen molar-refractivity contribution in [2.75, 3.05) is 6.54 Å². The Morgan fingerprint density at radius 1 is 1.14 bits per heavy atom. The van der Waals surface area contributed by atoms with E-state index in [0.717, 1.165) is 38.2 Å². The largest absolute Gasteiger partial charge is 0.243 e. The first-order chi connectivity index (χ1) is 10.00. The number of rotatable bonds is 2. The summed E-state index contributed by atoms with van der Waals surface area (Å²) >= 11 is 3.06. The molecule has 6 heteroatoms. The van der Waals surface area contributed by atoms with Crippen LogP contribution in [0.3, 0.4) is 0 Å². The van der Waals surface area contributed by atoms with Crippen molar-refractivity contribution >= 4 is 26.0 Å². The number of sulfonamides is 1. The van der Waals surface area contributed by atoms with E-state index in [0.29, 0.717) is 12.5 Å². The highest BCUT2D eigenvalue weighted by molar-refractivity contribution is 9.10. The van der Waals surface area contributed by atoms with Crippen LogP contribution in [0.15, 0.2) is 27.6 Å². The van der Waals surface area contributed by atoms with E-state index in [4.69, 9.17) is 0 Å². The number of halogens is 2. The average Bonchev–Trinajstić information content (AvgIpc) is 2.49. The third kappa shape index (κ3) is 2.90. The van der Waals surface area contributed by atoms with Crippen molar-refractivity contribution in [3.63, 3.8) is 0 Å². The van der Waals surface area contributed by atoms with E-state index in [1.54, 1.807) is 4.31 Å². The monoisotopic (exact) mass is 375 g/mol. The number of piperidine rings is 1. The fraction of sp³-hybridized carbons (Fsp3) is 0.600. The Kier molecular flexibility index (Phi) is 4.39. The van der Waals surface area contributed by atoms with Crippen molar-refractivity contribution in [1.29, 1.82) is 0 Å². The normalized spacial score (nSPS) is 27.3. The molecular formula is C15H19BrFNO2S. The lowest BCUT2D eigenvalue weighted by atomic mass is 9.79. The third-order valence-electron chi connectivity index (χ3n) is 4.69. The van der Waals surface area contributed by atoms with E-state index in [1.807, 2.05) is 0 Å². The maximum Gasteiger partial charge on any atom is 0.243 e. The molecule has 1 saturated carbocycles. The van der Waals surface area contributed by atoms with Gasteiger partial charge in [-0.15, -0.1) is 0 Å². The lowest BCUT2D eigenvalue weighted by Gasteiger charge is -2.43. The van der Waals surface area contributed by atoms with Crippen LogP contribution >= 0.6 is 15.9 Å². The number of fused-ring (bicyclic) bond motifs is 1. The highest BCUT2D eigenvalue weighted by Gasteiger charge is 2.40. The average molecular weight is 376 g/mol. The molecule has 1 heterocycles. The smallest absolute Gasteiger partial charge is 0.207 e. The van der Waals surface area contributed by atoms with Crippen molar-refractivity contribution in [2.24, 2.45) is 5.92 Å². The first-order valence-corrected chi connectivity index (χ1v) is 9.70. The summed E-state index contributed by atoms with van der Waals surface area (Å²) in [6.45, 7) is 0.557. The predicted octanol–water partition coefficient (Wildman–Crippen LogP) is 3.93. The summed E-state index contributed by atoms with van der Waals surface area (Å²) in [6.07, 6.45) is 6.35. The van der Waals surface area contributed by atoms with E-state index in [-0.39, 0.29) is 15.4 Å². The van der Waals surface area contributed by atoms with Crippen LogP contribution in [0.4, 0.5) is 4.39 Å². The van der Waals surface area contributed by atoms with Crippen molar-refractivity contribution in [1.82, 2.24) is 4.31 Å². The predicted molar refractivity (Wildman–Crippen MR) is 83.0 cm³/mol. The number of hydrogen-bond donors (Lipinski definition) is 0. The Balaban J connectivity index is 1.94. The van der Waals surface area contributed by atoms with Gasteiger partial charge in [0.1, 0.15) is 5.82 Å². The maximum absolute atomic E-state index is 13.7. The Morgan fingerprint density at radius 3 is 2.62 bits per heavy atom. The molecule has 2 fully saturated rings. The molecule has 1 aromatic carbocycles. The van der Waals surface area contributed by atoms with Gasteiger partial charge >= 0.3 is 0 Å². The minimum absolute atomic E-state index is 0.0643. The molecule has 3 rings (SSSR count). The minimum Gasteiger partial charge on any atom is -0.207 e. The summed E-state index contributed by atoms with van der Waals surface area (Å²) < 4.78 is 41.3. The van der Waals surface area contributed by atoms with Gasteiger partial charge in [0.15, 0.2) is 0 Å². The van der Waals surface area contributed by atoms with E-state index >= 15 is 0 Å². The molecule has 2 aliphatic rings. The Morgan fingerprint density at radius 2 is 1.86 bits per heavy atom. The Hall–Kier alpha value is -0.460. The van der Waals surface area contributed by atoms with Crippen LogP contribution in [-0.4, -0.2) is 25.3 Å². The topological polar surface area (TPSA) is 37.4 Å². The van der Waals surface area contributed by atoms with Crippen molar-refractivity contribution in [3.8, 4) is 0 Å². The minimum atomic E-state index is -3.60. The van der Waals surface area contributed by atoms with Crippen LogP contribution in [0, 0.1) is 11.7 Å². The molecule has 2 atom stereocenters. The van der Waals surface area contributed by atoms with Gasteiger partial charge in [-0.25, -0.2) is 12.8 Å². The zero-order valence-electron chi connectivity index (χ0n) is 11.8. The number of hydrogen-bond acceptors (Lipinski definition) is 2. The van der Waals surface area contributed by atoms with Crippen molar-refractivity contribution in [3.05, 3.63) is 28.5 Å². The van der Waals surface area contributed by atoms with Crippen LogP contribution in [0.5, 0.6) is 0 Å². The summed E-state index contributed by atoms with van der Waals surface area (Å²) in [5.41, 5.74) is 0. The summed E-state index contributed by atoms with van der Waals surface area (Å²) in [7, 11) is -3.60. The van der Waals surface area contributed by atoms with Crippen LogP contribution in [0.2, 0.25) is 0 Å². The van der Waals surface area contributed by atoms with Crippen molar-refractivity contribution in [2.45, 2.75) is 49.5 Å². The van der Waals surface area contributed by atoms with Gasteiger partial charge in [0.2, 0.25) is 10.0 Å². The molecule has 0 radical (unpaired) electrons. The number of benzene rings is 1. The SMILES string of the molecule is O=S(=O)(c1ccc(Br)c(F)c1)N1CCC[C@H]2CCCC[C@H]21. The molecular weight excluding hydrogens is 357 g/mol. The fourth-order valence-corrected chi connectivity index (χ4v) is 5.66. The summed E-state index contributed by atoms with van der Waals surface area (Å²) in [6, 6.07) is 4.16. The van der Waals surface area contributed by atoms with Crippen LogP contribution in [0.25, 0.3) is 0 Å². The first-order valence-electron chi connectivity index (χ1n) is 7.47. The highest BCUT2D eigenvalue weighted by atomic mass is 79.9. The second-order valence-electron chi connectivity index (χ2n) is 5.95. The molecule has 3 nitrogen and oxygen atoms in total. The van der Waals surface area contributed by atoms with Crippen molar-refractivity contribution < 1.29 is 12.8 Å². The number of nitrogens with zero attached hydrogens (tertiary/aromatic N) is 1. The van der Waals surface area contributed by atoms with Gasteiger partial charge in [0, 0.05) is 12.6 Å². The molecule has 1 aromatic rings. The zero-order chi connectivity index (χ0) is 15.0. The van der Waals surface area contributed by atoms with Gasteiger partial charge < -0.3 is 0 Å². The molecule has 0 bridgehead atoms. The standard InChI is InChI=1S/C15H19BrFNO2S/c16-13-8-7-12(10-14(13)17)21(19,20)18-9-3-5-11-4-1-2-6-15(11)18/h7-8,10-11,15H,1-6,9H2/t11-,15-/m1/s1. The quantitative estimate of drug-likeness (QED) is 0.784. The molecule has 21 heavy (non-hydrogen) atoms. The first kappa shape index (κ1) is 15.4. The van der Waals surface area contributed by atoms with E-state index in [1.165, 1.54) is 18.6 Å². The molecule has 1 aliphatic carbocycles. The Bertz CT molecular complexity index is 633. The molecule has 0 aromatic heterocycles. The molecule has 1 saturated heterocycles. The van der Waals surface area contributed by atoms with Gasteiger partial charge in [-0.2, -0.15) is 4.31 Å². The molecule has 0 amide bonds. The van der Waals surface area contributed by atoms with Crippen LogP contribution in [-0.2, 0) is 10.0 Å². The molecule has 1 aliphatic heterocycles. The van der Waals surface area contributed by atoms with Gasteiger partial charge in [0.05, 0.1) is 9.37 Å². The summed E-state index contributed by atoms with van der Waals surface area (Å²) in [5.74, 6) is -0.0594. The molecule has 0 unspecified atom stereocenters. The van der Waals surface area contributed by atoms with E-state index < -0.39 is 15.8 Å². The molecule has 116 valence electrons. The molecule has 0 spiro atoms. The lowest BCUT2D eigenvalue weighted by molar-refractivity contribution is 0.129. The van der Waals surface area contributed by atoms with Gasteiger partial charge in [0.25, 0.3) is 0 Å². The zero-order valence-corrected chi connectivity index (χ0v) is 14.2. The maximum atomic E-state index is 13.7. The fourth-order valence-electron chi connectivity index (χ4n) is 3.65. The third-order valence-corrected chi connectivity index (χ3v) is 7.25.